The van der Waals surface area contributed by atoms with Crippen molar-refractivity contribution >= 4 is 10.5 Å². The summed E-state index contributed by atoms with van der Waals surface area (Å²) in [5, 5.41) is 0. The standard InChI is InChI=1S/C10H21OSi/c1-2-3-4-5-6-7-8-9-10-11-12/h2-10H2,1H3. The zero-order valence-electron chi connectivity index (χ0n) is 8.27. The quantitative estimate of drug-likeness (QED) is 0.396. The first-order chi connectivity index (χ1) is 5.91. The van der Waals surface area contributed by atoms with Gasteiger partial charge in [0.05, 0.1) is 0 Å². The van der Waals surface area contributed by atoms with E-state index in [9.17, 15) is 0 Å². The van der Waals surface area contributed by atoms with Gasteiger partial charge in [-0.25, -0.2) is 0 Å². The first kappa shape index (κ1) is 12.2. The molecule has 0 atom stereocenters. The predicted octanol–water partition coefficient (Wildman–Crippen LogP) is 3.23. The summed E-state index contributed by atoms with van der Waals surface area (Å²) < 4.78 is 4.79. The third kappa shape index (κ3) is 10.2. The fraction of sp³-hybridized carbons (Fsp3) is 1.00. The third-order valence-corrected chi connectivity index (χ3v) is 2.30. The summed E-state index contributed by atoms with van der Waals surface area (Å²) in [4.78, 5) is 0. The molecule has 0 aromatic rings. The van der Waals surface area contributed by atoms with E-state index >= 15 is 0 Å². The molecule has 1 nitrogen and oxygen atoms in total. The van der Waals surface area contributed by atoms with Crippen molar-refractivity contribution in [1.82, 2.24) is 0 Å². The Morgan fingerprint density at radius 1 is 0.833 bits per heavy atom. The van der Waals surface area contributed by atoms with Gasteiger partial charge in [-0.1, -0.05) is 51.9 Å². The largest absolute Gasteiger partial charge is 0.419 e. The molecule has 0 bridgehead atoms. The van der Waals surface area contributed by atoms with Gasteiger partial charge in [0.1, 0.15) is 0 Å². The van der Waals surface area contributed by atoms with Crippen molar-refractivity contribution in [3.05, 3.63) is 0 Å². The monoisotopic (exact) mass is 185 g/mol. The van der Waals surface area contributed by atoms with Crippen LogP contribution in [0.1, 0.15) is 58.3 Å². The van der Waals surface area contributed by atoms with Gasteiger partial charge in [0.2, 0.25) is 10.5 Å². The summed E-state index contributed by atoms with van der Waals surface area (Å²) in [6, 6.07) is 0. The van der Waals surface area contributed by atoms with Crippen molar-refractivity contribution in [3.63, 3.8) is 0 Å². The highest BCUT2D eigenvalue weighted by Gasteiger charge is 1.90. The zero-order chi connectivity index (χ0) is 9.07. The van der Waals surface area contributed by atoms with E-state index in [2.05, 4.69) is 17.4 Å². The molecule has 3 radical (unpaired) electrons. The van der Waals surface area contributed by atoms with Gasteiger partial charge in [-0.05, 0) is 6.42 Å². The van der Waals surface area contributed by atoms with Crippen LogP contribution in [-0.2, 0) is 4.43 Å². The molecule has 0 rings (SSSR count). The molecule has 0 spiro atoms. The van der Waals surface area contributed by atoms with Crippen LogP contribution in [0.3, 0.4) is 0 Å². The van der Waals surface area contributed by atoms with Crippen molar-refractivity contribution in [3.8, 4) is 0 Å². The molecular formula is C10H21OSi. The van der Waals surface area contributed by atoms with E-state index in [-0.39, 0.29) is 0 Å². The summed E-state index contributed by atoms with van der Waals surface area (Å²) >= 11 is 0. The van der Waals surface area contributed by atoms with E-state index in [1.807, 2.05) is 0 Å². The maximum absolute atomic E-state index is 4.79. The van der Waals surface area contributed by atoms with Crippen LogP contribution in [0, 0.1) is 0 Å². The SMILES string of the molecule is CCCCCCCCCCO[Si]. The lowest BCUT2D eigenvalue weighted by atomic mass is 10.1. The predicted molar refractivity (Wildman–Crippen MR) is 54.3 cm³/mol. The first-order valence-corrected chi connectivity index (χ1v) is 5.61. The Bertz CT molecular complexity index is 66.2. The molecule has 0 N–H and O–H groups in total. The smallest absolute Gasteiger partial charge is 0.246 e. The van der Waals surface area contributed by atoms with Crippen LogP contribution in [0.2, 0.25) is 0 Å². The molecule has 0 aliphatic carbocycles. The highest BCUT2D eigenvalue weighted by molar-refractivity contribution is 5.97. The van der Waals surface area contributed by atoms with Gasteiger partial charge < -0.3 is 4.43 Å². The second-order valence-electron chi connectivity index (χ2n) is 3.32. The van der Waals surface area contributed by atoms with Crippen molar-refractivity contribution in [2.75, 3.05) is 6.61 Å². The van der Waals surface area contributed by atoms with Crippen molar-refractivity contribution in [2.45, 2.75) is 58.3 Å². The van der Waals surface area contributed by atoms with Crippen LogP contribution < -0.4 is 0 Å². The van der Waals surface area contributed by atoms with E-state index < -0.39 is 0 Å². The number of rotatable bonds is 9. The second-order valence-corrected chi connectivity index (χ2v) is 3.61. The molecule has 0 fully saturated rings. The minimum absolute atomic E-state index is 0.853. The van der Waals surface area contributed by atoms with Gasteiger partial charge in [0, 0.05) is 6.61 Å². The van der Waals surface area contributed by atoms with Gasteiger partial charge in [-0.2, -0.15) is 0 Å². The minimum Gasteiger partial charge on any atom is -0.419 e. The lowest BCUT2D eigenvalue weighted by molar-refractivity contribution is 0.332. The molecule has 0 heterocycles. The summed E-state index contributed by atoms with van der Waals surface area (Å²) in [6.07, 6.45) is 10.9. The highest BCUT2D eigenvalue weighted by Crippen LogP contribution is 2.07. The molecule has 2 heteroatoms. The van der Waals surface area contributed by atoms with Gasteiger partial charge in [0.25, 0.3) is 0 Å². The van der Waals surface area contributed by atoms with E-state index in [0.717, 1.165) is 6.61 Å². The van der Waals surface area contributed by atoms with Gasteiger partial charge in [-0.3, -0.25) is 0 Å². The van der Waals surface area contributed by atoms with Crippen molar-refractivity contribution < 1.29 is 4.43 Å². The molecule has 0 saturated heterocycles. The molecular weight excluding hydrogens is 164 g/mol. The Labute approximate surface area is 80.4 Å². The lowest BCUT2D eigenvalue weighted by Crippen LogP contribution is -1.89. The van der Waals surface area contributed by atoms with Crippen LogP contribution >= 0.6 is 0 Å². The average Bonchev–Trinajstić information content (AvgIpc) is 2.10. The van der Waals surface area contributed by atoms with Crippen molar-refractivity contribution in [2.24, 2.45) is 0 Å². The van der Waals surface area contributed by atoms with Crippen LogP contribution in [0.25, 0.3) is 0 Å². The highest BCUT2D eigenvalue weighted by atomic mass is 28.2. The van der Waals surface area contributed by atoms with Crippen LogP contribution in [0.5, 0.6) is 0 Å². The first-order valence-electron chi connectivity index (χ1n) is 5.20. The molecule has 0 amide bonds. The summed E-state index contributed by atoms with van der Waals surface area (Å²) in [6.45, 7) is 3.11. The van der Waals surface area contributed by atoms with Crippen LogP contribution in [-0.4, -0.2) is 17.1 Å². The van der Waals surface area contributed by atoms with Gasteiger partial charge in [-0.15, -0.1) is 0 Å². The summed E-state index contributed by atoms with van der Waals surface area (Å²) in [7, 11) is 3.00. The molecule has 0 unspecified atom stereocenters. The van der Waals surface area contributed by atoms with E-state index in [4.69, 9.17) is 4.43 Å². The van der Waals surface area contributed by atoms with Crippen LogP contribution in [0.15, 0.2) is 0 Å². The third-order valence-electron chi connectivity index (χ3n) is 2.10. The Morgan fingerprint density at radius 3 is 1.83 bits per heavy atom. The van der Waals surface area contributed by atoms with Gasteiger partial charge >= 0.3 is 0 Å². The Hall–Kier alpha value is 0.177. The molecule has 0 saturated carbocycles. The number of hydrogen-bond donors (Lipinski definition) is 0. The second kappa shape index (κ2) is 11.2. The minimum atomic E-state index is 0.853. The van der Waals surface area contributed by atoms with Crippen molar-refractivity contribution in [1.29, 1.82) is 0 Å². The number of hydrogen-bond acceptors (Lipinski definition) is 1. The zero-order valence-corrected chi connectivity index (χ0v) is 9.27. The maximum atomic E-state index is 4.79. The fourth-order valence-electron chi connectivity index (χ4n) is 1.31. The van der Waals surface area contributed by atoms with E-state index in [1.165, 1.54) is 51.4 Å². The van der Waals surface area contributed by atoms with Crippen LogP contribution in [0.4, 0.5) is 0 Å². The van der Waals surface area contributed by atoms with E-state index in [0.29, 0.717) is 0 Å². The molecule has 0 aromatic heterocycles. The molecule has 0 aliphatic rings. The van der Waals surface area contributed by atoms with Gasteiger partial charge in [0.15, 0.2) is 0 Å². The maximum Gasteiger partial charge on any atom is 0.246 e. The summed E-state index contributed by atoms with van der Waals surface area (Å²) in [5.74, 6) is 0. The summed E-state index contributed by atoms with van der Waals surface area (Å²) in [5.41, 5.74) is 0. The molecule has 71 valence electrons. The molecule has 0 aromatic carbocycles. The molecule has 0 aliphatic heterocycles. The Kier molecular flexibility index (Phi) is 11.3. The fourth-order valence-corrected chi connectivity index (χ4v) is 1.45. The normalized spacial score (nSPS) is 10.5. The topological polar surface area (TPSA) is 9.23 Å². The average molecular weight is 185 g/mol. The molecule has 12 heavy (non-hydrogen) atoms. The Morgan fingerprint density at radius 2 is 1.33 bits per heavy atom. The lowest BCUT2D eigenvalue weighted by Gasteiger charge is -2.00. The number of unbranched alkanes of at least 4 members (excludes halogenated alkanes) is 7. The van der Waals surface area contributed by atoms with E-state index in [1.54, 1.807) is 0 Å². The Balaban J connectivity index is 2.73.